The van der Waals surface area contributed by atoms with E-state index in [2.05, 4.69) is 15.1 Å². The number of fused-ring (bicyclic) bond motifs is 1. The molecule has 0 amide bonds. The Kier molecular flexibility index (Phi) is 6.55. The molecule has 0 fully saturated rings. The number of aryl methyl sites for hydroxylation is 1. The summed E-state index contributed by atoms with van der Waals surface area (Å²) in [7, 11) is 1.66. The fourth-order valence-corrected chi connectivity index (χ4v) is 3.88. The molecular weight excluding hydrogens is 448 g/mol. The molecule has 33 heavy (non-hydrogen) atoms. The van der Waals surface area contributed by atoms with Crippen LogP contribution in [0.15, 0.2) is 53.6 Å². The summed E-state index contributed by atoms with van der Waals surface area (Å²) in [6.07, 6.45) is 3.23. The Bertz CT molecular complexity index is 1370. The highest BCUT2D eigenvalue weighted by molar-refractivity contribution is 8.00. The Hall–Kier alpha value is -3.53. The summed E-state index contributed by atoms with van der Waals surface area (Å²) in [6, 6.07) is 8.90. The average Bonchev–Trinajstić information content (AvgIpc) is 3.22. The summed E-state index contributed by atoms with van der Waals surface area (Å²) in [5.41, 5.74) is 3.10. The fraction of sp³-hybridized carbons (Fsp3) is 0.217. The predicted octanol–water partition coefficient (Wildman–Crippen LogP) is 4.95. The van der Waals surface area contributed by atoms with Crippen molar-refractivity contribution in [1.82, 2.24) is 14.5 Å². The van der Waals surface area contributed by atoms with Crippen molar-refractivity contribution in [1.29, 1.82) is 0 Å². The zero-order valence-electron chi connectivity index (χ0n) is 18.4. The number of anilines is 3. The van der Waals surface area contributed by atoms with Crippen molar-refractivity contribution in [3.63, 3.8) is 0 Å². The van der Waals surface area contributed by atoms with Gasteiger partial charge in [-0.05, 0) is 37.3 Å². The fourth-order valence-electron chi connectivity index (χ4n) is 3.44. The molecule has 0 aliphatic rings. The number of pyridine rings is 1. The number of nitrogens with zero attached hydrogens (tertiary/aromatic N) is 3. The van der Waals surface area contributed by atoms with Crippen molar-refractivity contribution in [3.8, 4) is 11.1 Å². The quantitative estimate of drug-likeness (QED) is 0.354. The maximum Gasteiger partial charge on any atom is 0.261 e. The molecule has 7 nitrogen and oxygen atoms in total. The van der Waals surface area contributed by atoms with E-state index in [1.807, 2.05) is 26.0 Å². The monoisotopic (exact) mass is 471 g/mol. The van der Waals surface area contributed by atoms with Crippen LogP contribution in [0, 0.1) is 11.6 Å². The van der Waals surface area contributed by atoms with E-state index < -0.39 is 11.6 Å². The third kappa shape index (κ3) is 4.65. The van der Waals surface area contributed by atoms with Gasteiger partial charge in [-0.25, -0.2) is 8.78 Å². The van der Waals surface area contributed by atoms with Gasteiger partial charge in [-0.1, -0.05) is 18.9 Å². The molecule has 0 unspecified atom stereocenters. The van der Waals surface area contributed by atoms with Gasteiger partial charge in [-0.2, -0.15) is 0 Å². The zero-order valence-corrected chi connectivity index (χ0v) is 19.2. The van der Waals surface area contributed by atoms with Gasteiger partial charge in [0.05, 0.1) is 17.3 Å². The molecule has 0 spiro atoms. The lowest BCUT2D eigenvalue weighted by molar-refractivity contribution is 0.0944. The van der Waals surface area contributed by atoms with E-state index in [9.17, 15) is 13.6 Å². The van der Waals surface area contributed by atoms with Crippen molar-refractivity contribution < 1.29 is 13.6 Å². The molecule has 2 N–H and O–H groups in total. The van der Waals surface area contributed by atoms with E-state index >= 15 is 0 Å². The van der Waals surface area contributed by atoms with E-state index in [1.54, 1.807) is 25.5 Å². The molecule has 2 aromatic carbocycles. The minimum Gasteiger partial charge on any atom is -0.397 e. The largest absolute Gasteiger partial charge is 0.397 e. The topological polar surface area (TPSA) is 73.1 Å². The molecule has 172 valence electrons. The molecule has 2 heterocycles. The third-order valence-corrected chi connectivity index (χ3v) is 5.60. The summed E-state index contributed by atoms with van der Waals surface area (Å²) in [6.45, 7) is 4.24. The molecule has 0 atom stereocenters. The molecule has 0 aliphatic heterocycles. The molecule has 0 bridgehead atoms. The van der Waals surface area contributed by atoms with Gasteiger partial charge in [0.15, 0.2) is 0 Å². The first kappa shape index (κ1) is 22.7. The predicted molar refractivity (Wildman–Crippen MR) is 129 cm³/mol. The molecule has 0 saturated carbocycles. The lowest BCUT2D eigenvalue weighted by atomic mass is 10.0. The zero-order chi connectivity index (χ0) is 23.5. The van der Waals surface area contributed by atoms with Gasteiger partial charge in [-0.15, -0.1) is 9.94 Å². The summed E-state index contributed by atoms with van der Waals surface area (Å²) in [5.74, 6) is -0.509. The molecular formula is C23H23F2N5O2S. The van der Waals surface area contributed by atoms with Gasteiger partial charge in [0, 0.05) is 47.6 Å². The minimum absolute atomic E-state index is 0.127. The highest BCUT2D eigenvalue weighted by Gasteiger charge is 2.18. The second-order valence-electron chi connectivity index (χ2n) is 7.22. The molecule has 2 aromatic heterocycles. The third-order valence-electron chi connectivity index (χ3n) is 4.93. The van der Waals surface area contributed by atoms with Crippen LogP contribution in [-0.4, -0.2) is 26.9 Å². The number of rotatable bonds is 8. The second kappa shape index (κ2) is 9.53. The van der Waals surface area contributed by atoms with Crippen LogP contribution < -0.4 is 20.4 Å². The lowest BCUT2D eigenvalue weighted by Crippen LogP contribution is -2.16. The first-order valence-electron chi connectivity index (χ1n) is 10.4. The van der Waals surface area contributed by atoms with Gasteiger partial charge in [0.25, 0.3) is 5.56 Å². The van der Waals surface area contributed by atoms with Crippen molar-refractivity contribution in [2.45, 2.75) is 13.8 Å². The molecule has 4 aromatic rings. The summed E-state index contributed by atoms with van der Waals surface area (Å²) < 4.78 is 32.5. The van der Waals surface area contributed by atoms with Crippen LogP contribution in [0.2, 0.25) is 0 Å². The van der Waals surface area contributed by atoms with Gasteiger partial charge < -0.3 is 19.4 Å². The van der Waals surface area contributed by atoms with E-state index in [0.29, 0.717) is 34.3 Å². The molecule has 10 heteroatoms. The van der Waals surface area contributed by atoms with Crippen molar-refractivity contribution in [2.75, 3.05) is 22.4 Å². The van der Waals surface area contributed by atoms with Crippen molar-refractivity contribution >= 4 is 39.9 Å². The van der Waals surface area contributed by atoms with Crippen molar-refractivity contribution in [3.05, 3.63) is 70.8 Å². The summed E-state index contributed by atoms with van der Waals surface area (Å²) >= 11 is 1.53. The highest BCUT2D eigenvalue weighted by Crippen LogP contribution is 2.36. The maximum absolute atomic E-state index is 14.4. The lowest BCUT2D eigenvalue weighted by Gasteiger charge is -2.16. The SMILES string of the molecule is CCOn1cc2c(=O)n(C)cc(-c3cc(NSCC)ccc3Nc3ccc(F)cc3F)c2n1. The number of nitrogens with one attached hydrogen (secondary N) is 2. The minimum atomic E-state index is -0.712. The smallest absolute Gasteiger partial charge is 0.261 e. The second-order valence-corrected chi connectivity index (χ2v) is 8.29. The molecule has 0 radical (unpaired) electrons. The first-order valence-corrected chi connectivity index (χ1v) is 11.4. The molecule has 4 rings (SSSR count). The Morgan fingerprint density at radius 2 is 1.85 bits per heavy atom. The number of aromatic nitrogens is 3. The molecule has 0 saturated heterocycles. The van der Waals surface area contributed by atoms with Crippen LogP contribution in [0.25, 0.3) is 22.0 Å². The van der Waals surface area contributed by atoms with E-state index in [4.69, 9.17) is 4.84 Å². The standard InChI is InChI=1S/C23H23F2N5O2S/c1-4-32-30-13-18-22(27-30)17(12-29(3)23(18)31)16-11-15(28-33-5-2)7-9-20(16)26-21-8-6-14(24)10-19(21)25/h6-13,26,28H,4-5H2,1-3H3. The van der Waals surface area contributed by atoms with E-state index in [-0.39, 0.29) is 11.2 Å². The van der Waals surface area contributed by atoms with Crippen LogP contribution in [0.1, 0.15) is 13.8 Å². The summed E-state index contributed by atoms with van der Waals surface area (Å²) in [4.78, 5) is 19.5. The Balaban J connectivity index is 1.91. The van der Waals surface area contributed by atoms with Crippen LogP contribution >= 0.6 is 11.9 Å². The van der Waals surface area contributed by atoms with Gasteiger partial charge >= 0.3 is 0 Å². The number of halogens is 2. The van der Waals surface area contributed by atoms with Gasteiger partial charge in [0.2, 0.25) is 0 Å². The van der Waals surface area contributed by atoms with Crippen LogP contribution in [-0.2, 0) is 7.05 Å². The van der Waals surface area contributed by atoms with Crippen molar-refractivity contribution in [2.24, 2.45) is 7.05 Å². The number of hydrogen-bond donors (Lipinski definition) is 2. The maximum atomic E-state index is 14.4. The Labute approximate surface area is 193 Å². The van der Waals surface area contributed by atoms with Crippen LogP contribution in [0.4, 0.5) is 25.8 Å². The van der Waals surface area contributed by atoms with Crippen LogP contribution in [0.3, 0.4) is 0 Å². The van der Waals surface area contributed by atoms with Gasteiger partial charge in [0.1, 0.15) is 23.8 Å². The Morgan fingerprint density at radius 3 is 2.58 bits per heavy atom. The number of hydrogen-bond acceptors (Lipinski definition) is 6. The van der Waals surface area contributed by atoms with Gasteiger partial charge in [-0.3, -0.25) is 4.79 Å². The van der Waals surface area contributed by atoms with Crippen LogP contribution in [0.5, 0.6) is 0 Å². The normalized spacial score (nSPS) is 11.1. The average molecular weight is 472 g/mol. The number of benzene rings is 2. The highest BCUT2D eigenvalue weighted by atomic mass is 32.2. The van der Waals surface area contributed by atoms with E-state index in [1.165, 1.54) is 33.5 Å². The first-order chi connectivity index (χ1) is 15.9. The van der Waals surface area contributed by atoms with E-state index in [0.717, 1.165) is 17.5 Å². The molecule has 0 aliphatic carbocycles. The summed E-state index contributed by atoms with van der Waals surface area (Å²) in [5, 5.41) is 7.90. The Morgan fingerprint density at radius 1 is 1.06 bits per heavy atom.